The van der Waals surface area contributed by atoms with E-state index in [4.69, 9.17) is 0 Å². The predicted octanol–water partition coefficient (Wildman–Crippen LogP) is 16.0. The molecule has 0 aromatic heterocycles. The third-order valence-electron chi connectivity index (χ3n) is 14.4. The van der Waals surface area contributed by atoms with E-state index in [1.807, 2.05) is 0 Å². The van der Waals surface area contributed by atoms with E-state index < -0.39 is 0 Å². The molecule has 7 aromatic rings. The monoisotopic (exact) mass is 811 g/mol. The maximum absolute atomic E-state index is 2.77. The Morgan fingerprint density at radius 3 is 2.05 bits per heavy atom. The fourth-order valence-electron chi connectivity index (χ4n) is 11.1. The number of anilines is 1. The van der Waals surface area contributed by atoms with Gasteiger partial charge in [0.2, 0.25) is 0 Å². The highest BCUT2D eigenvalue weighted by Crippen LogP contribution is 2.53. The molecular formula is C62H53N. The van der Waals surface area contributed by atoms with Crippen molar-refractivity contribution in [2.45, 2.75) is 62.9 Å². The van der Waals surface area contributed by atoms with E-state index in [1.165, 1.54) is 83.3 Å². The molecule has 4 aliphatic rings. The summed E-state index contributed by atoms with van der Waals surface area (Å²) in [5.41, 5.74) is 18.2. The maximum Gasteiger partial charge on any atom is 0.0601 e. The lowest BCUT2D eigenvalue weighted by molar-refractivity contribution is 0.464. The normalized spacial score (nSPS) is 20.9. The van der Waals surface area contributed by atoms with Crippen molar-refractivity contribution >= 4 is 33.2 Å². The average molecular weight is 812 g/mol. The molecule has 4 aliphatic carbocycles. The van der Waals surface area contributed by atoms with Crippen molar-refractivity contribution in [1.82, 2.24) is 0 Å². The second-order valence-electron chi connectivity index (χ2n) is 18.5. The van der Waals surface area contributed by atoms with Crippen molar-refractivity contribution < 1.29 is 0 Å². The molecule has 0 bridgehead atoms. The van der Waals surface area contributed by atoms with Crippen molar-refractivity contribution in [2.24, 2.45) is 0 Å². The number of rotatable bonds is 8. The van der Waals surface area contributed by atoms with Crippen LogP contribution < -0.4 is 4.90 Å². The first-order chi connectivity index (χ1) is 30.9. The molecule has 0 saturated heterocycles. The van der Waals surface area contributed by atoms with E-state index in [0.29, 0.717) is 0 Å². The summed E-state index contributed by atoms with van der Waals surface area (Å²) in [7, 11) is 0. The molecule has 11 rings (SSSR count). The smallest absolute Gasteiger partial charge is 0.0601 e. The minimum Gasteiger partial charge on any atom is -0.355 e. The van der Waals surface area contributed by atoms with Crippen LogP contribution in [0.2, 0.25) is 0 Å². The third-order valence-corrected chi connectivity index (χ3v) is 14.4. The number of nitrogens with zero attached hydrogens (tertiary/aromatic N) is 1. The molecule has 0 fully saturated rings. The predicted molar refractivity (Wildman–Crippen MR) is 269 cm³/mol. The first-order valence-electron chi connectivity index (χ1n) is 22.8. The first-order valence-corrected chi connectivity index (χ1v) is 22.8. The fraction of sp³-hybridized carbons (Fsp3) is 0.161. The van der Waals surface area contributed by atoms with E-state index in [9.17, 15) is 0 Å². The van der Waals surface area contributed by atoms with Crippen LogP contribution in [0.5, 0.6) is 0 Å². The Bertz CT molecular complexity index is 3060. The molecule has 0 spiro atoms. The van der Waals surface area contributed by atoms with E-state index >= 15 is 0 Å². The lowest BCUT2D eigenvalue weighted by atomic mass is 9.73. The molecule has 3 atom stereocenters. The first kappa shape index (κ1) is 38.9. The second-order valence-corrected chi connectivity index (χ2v) is 18.5. The summed E-state index contributed by atoms with van der Waals surface area (Å²) in [4.78, 5) is 2.77. The molecule has 1 nitrogen and oxygen atoms in total. The zero-order chi connectivity index (χ0) is 42.5. The molecule has 7 aromatic carbocycles. The summed E-state index contributed by atoms with van der Waals surface area (Å²) in [5.74, 6) is 0.0427. The van der Waals surface area contributed by atoms with Crippen molar-refractivity contribution in [3.63, 3.8) is 0 Å². The number of allylic oxidation sites excluding steroid dienone is 8. The molecule has 0 heterocycles. The van der Waals surface area contributed by atoms with Gasteiger partial charge >= 0.3 is 0 Å². The average Bonchev–Trinajstić information content (AvgIpc) is 3.57. The minimum absolute atomic E-state index is 0.00344. The van der Waals surface area contributed by atoms with E-state index in [1.54, 1.807) is 5.57 Å². The van der Waals surface area contributed by atoms with Crippen molar-refractivity contribution in [3.8, 4) is 22.3 Å². The van der Waals surface area contributed by atoms with Gasteiger partial charge < -0.3 is 4.90 Å². The van der Waals surface area contributed by atoms with Gasteiger partial charge in [-0.3, -0.25) is 0 Å². The Hall–Kier alpha value is -6.96. The number of benzene rings is 7. The van der Waals surface area contributed by atoms with Gasteiger partial charge in [0.15, 0.2) is 0 Å². The minimum atomic E-state index is -0.343. The molecule has 0 aliphatic heterocycles. The Labute approximate surface area is 373 Å². The van der Waals surface area contributed by atoms with Crippen LogP contribution in [-0.4, -0.2) is 11.6 Å². The lowest BCUT2D eigenvalue weighted by Gasteiger charge is -2.50. The van der Waals surface area contributed by atoms with Crippen molar-refractivity contribution in [2.75, 3.05) is 4.90 Å². The molecule has 0 amide bonds. The summed E-state index contributed by atoms with van der Waals surface area (Å²) in [6, 6.07) is 63.1. The molecule has 0 saturated carbocycles. The molecule has 1 heteroatoms. The summed E-state index contributed by atoms with van der Waals surface area (Å²) in [6.07, 6.45) is 22.4. The molecule has 63 heavy (non-hydrogen) atoms. The zero-order valence-electron chi connectivity index (χ0n) is 36.5. The van der Waals surface area contributed by atoms with Gasteiger partial charge in [0, 0.05) is 17.0 Å². The summed E-state index contributed by atoms with van der Waals surface area (Å²) >= 11 is 0. The zero-order valence-corrected chi connectivity index (χ0v) is 36.5. The largest absolute Gasteiger partial charge is 0.355 e. The summed E-state index contributed by atoms with van der Waals surface area (Å²) in [6.45, 7) is 7.30. The van der Waals surface area contributed by atoms with Crippen LogP contribution in [0.3, 0.4) is 0 Å². The lowest BCUT2D eigenvalue weighted by Crippen LogP contribution is -2.53. The van der Waals surface area contributed by atoms with Gasteiger partial charge in [-0.2, -0.15) is 0 Å². The highest BCUT2D eigenvalue weighted by Gasteiger charge is 2.43. The Balaban J connectivity index is 1.03. The third kappa shape index (κ3) is 6.88. The topological polar surface area (TPSA) is 3.24 Å². The Morgan fingerprint density at radius 1 is 0.571 bits per heavy atom. The molecule has 0 N–H and O–H groups in total. The summed E-state index contributed by atoms with van der Waals surface area (Å²) < 4.78 is 0. The highest BCUT2D eigenvalue weighted by atomic mass is 15.2. The highest BCUT2D eigenvalue weighted by molar-refractivity contribution is 5.90. The fourth-order valence-corrected chi connectivity index (χ4v) is 11.1. The van der Waals surface area contributed by atoms with Crippen LogP contribution in [-0.2, 0) is 5.41 Å². The standard InChI is InChI=1S/C62H53N/c1-61(2)57-27-15-14-24-54(57)56-42-51(35-36-58(56)61)63(62(3)39-37-46(38-40-62)44-29-31-45(32-30-44)50-34-33-43-17-10-11-22-49(43)41-50)59-28-16-26-53(48-20-8-5-9-21-48)60(59)55-25-13-12-23-52(55)47-18-6-4-7-19-47/h4-14,16-26,28-39,41-42,59-60H,15,27,40H2,1-3H3. The van der Waals surface area contributed by atoms with Crippen molar-refractivity contribution in [1.29, 1.82) is 0 Å². The van der Waals surface area contributed by atoms with Crippen LogP contribution in [0.15, 0.2) is 224 Å². The van der Waals surface area contributed by atoms with Gasteiger partial charge in [0.25, 0.3) is 0 Å². The van der Waals surface area contributed by atoms with E-state index in [-0.39, 0.29) is 22.9 Å². The molecule has 0 radical (unpaired) electrons. The van der Waals surface area contributed by atoms with Crippen molar-refractivity contribution in [3.05, 3.63) is 252 Å². The van der Waals surface area contributed by atoms with E-state index in [2.05, 4.69) is 244 Å². The van der Waals surface area contributed by atoms with E-state index in [0.717, 1.165) is 19.3 Å². The number of fused-ring (bicyclic) bond motifs is 3. The van der Waals surface area contributed by atoms with Gasteiger partial charge in [0.1, 0.15) is 0 Å². The van der Waals surface area contributed by atoms with Gasteiger partial charge in [-0.1, -0.05) is 220 Å². The molecule has 3 unspecified atom stereocenters. The van der Waals surface area contributed by atoms with Gasteiger partial charge in [-0.05, 0) is 122 Å². The van der Waals surface area contributed by atoms with Gasteiger partial charge in [0.05, 0.1) is 11.6 Å². The van der Waals surface area contributed by atoms with Gasteiger partial charge in [-0.15, -0.1) is 0 Å². The number of hydrogen-bond donors (Lipinski definition) is 0. The Morgan fingerprint density at radius 2 is 1.27 bits per heavy atom. The van der Waals surface area contributed by atoms with Gasteiger partial charge in [-0.25, -0.2) is 0 Å². The Kier molecular flexibility index (Phi) is 9.73. The summed E-state index contributed by atoms with van der Waals surface area (Å²) in [5, 5.41) is 2.54. The van der Waals surface area contributed by atoms with Crippen LogP contribution in [0.1, 0.15) is 73.8 Å². The van der Waals surface area contributed by atoms with Crippen LogP contribution in [0.25, 0.3) is 49.7 Å². The quantitative estimate of drug-likeness (QED) is 0.148. The maximum atomic E-state index is 2.77. The van der Waals surface area contributed by atoms with Crippen LogP contribution in [0, 0.1) is 0 Å². The molecule has 306 valence electrons. The van der Waals surface area contributed by atoms with Crippen LogP contribution in [0.4, 0.5) is 5.69 Å². The second kappa shape index (κ2) is 15.7. The van der Waals surface area contributed by atoms with Crippen LogP contribution >= 0.6 is 0 Å². The number of hydrogen-bond acceptors (Lipinski definition) is 1. The SMILES string of the molecule is CC1(C)C2=C(C=CCC2)c2cc(N(C3C=CC=C(c4ccccc4)C3c3ccccc3-c3ccccc3)C3(C)C=CC(c4ccc(-c5ccc6ccccc6c5)cc4)=CC3)ccc21. The molecular weight excluding hydrogens is 759 g/mol.